The molecule has 0 radical (unpaired) electrons. The molecule has 12 heavy (non-hydrogen) atoms. The molecule has 0 bridgehead atoms. The van der Waals surface area contributed by atoms with Crippen molar-refractivity contribution in [3.63, 3.8) is 0 Å². The quantitative estimate of drug-likeness (QED) is 0.827. The molecule has 0 saturated carbocycles. The van der Waals surface area contributed by atoms with Gasteiger partial charge in [-0.1, -0.05) is 15.9 Å². The Balaban J connectivity index is 2.97. The number of amides is 1. The zero-order valence-electron chi connectivity index (χ0n) is 6.18. The van der Waals surface area contributed by atoms with E-state index in [-0.39, 0.29) is 6.42 Å². The van der Waals surface area contributed by atoms with Gasteiger partial charge in [0.1, 0.15) is 5.82 Å². The fraction of sp³-hybridized carbons (Fsp3) is 0.125. The number of hydrogen-bond donors (Lipinski definition) is 1. The first-order valence-corrected chi connectivity index (χ1v) is 4.11. The highest BCUT2D eigenvalue weighted by molar-refractivity contribution is 9.10. The number of carbonyl (C=O) groups excluding carboxylic acids is 1. The Hall–Kier alpha value is -0.900. The number of hydrogen-bond acceptors (Lipinski definition) is 1. The van der Waals surface area contributed by atoms with E-state index in [9.17, 15) is 9.18 Å². The van der Waals surface area contributed by atoms with E-state index >= 15 is 0 Å². The van der Waals surface area contributed by atoms with Crippen LogP contribution in [0.2, 0.25) is 0 Å². The molecule has 2 N–H and O–H groups in total. The predicted octanol–water partition coefficient (Wildman–Crippen LogP) is 1.62. The molecule has 2 nitrogen and oxygen atoms in total. The fourth-order valence-electron chi connectivity index (χ4n) is 0.866. The Labute approximate surface area is 77.7 Å². The van der Waals surface area contributed by atoms with Crippen LogP contribution in [0.3, 0.4) is 0 Å². The molecule has 1 amide bonds. The zero-order chi connectivity index (χ0) is 9.14. The second-order valence-corrected chi connectivity index (χ2v) is 3.29. The summed E-state index contributed by atoms with van der Waals surface area (Å²) in [5.41, 5.74) is 5.24. The molecule has 1 aromatic carbocycles. The molecule has 0 spiro atoms. The van der Waals surface area contributed by atoms with E-state index in [1.165, 1.54) is 6.07 Å². The zero-order valence-corrected chi connectivity index (χ0v) is 7.77. The maximum Gasteiger partial charge on any atom is 0.221 e. The minimum Gasteiger partial charge on any atom is -0.369 e. The molecule has 0 aliphatic heterocycles. The summed E-state index contributed by atoms with van der Waals surface area (Å²) in [4.78, 5) is 10.5. The van der Waals surface area contributed by atoms with Crippen molar-refractivity contribution in [2.45, 2.75) is 6.42 Å². The maximum atomic E-state index is 12.9. The summed E-state index contributed by atoms with van der Waals surface area (Å²) in [7, 11) is 0. The number of halogens is 2. The molecule has 0 aliphatic rings. The van der Waals surface area contributed by atoms with Gasteiger partial charge in [-0.25, -0.2) is 4.39 Å². The minimum absolute atomic E-state index is 0.0642. The second-order valence-electron chi connectivity index (χ2n) is 2.38. The molecule has 0 saturated heterocycles. The third-order valence-corrected chi connectivity index (χ3v) is 1.87. The first-order valence-electron chi connectivity index (χ1n) is 3.32. The van der Waals surface area contributed by atoms with Crippen LogP contribution in [0.25, 0.3) is 0 Å². The van der Waals surface area contributed by atoms with Crippen LogP contribution in [0.1, 0.15) is 5.56 Å². The van der Waals surface area contributed by atoms with Gasteiger partial charge in [-0.15, -0.1) is 0 Å². The van der Waals surface area contributed by atoms with Gasteiger partial charge in [-0.2, -0.15) is 0 Å². The van der Waals surface area contributed by atoms with Gasteiger partial charge in [0.15, 0.2) is 0 Å². The molecule has 0 aromatic heterocycles. The summed E-state index contributed by atoms with van der Waals surface area (Å²) >= 11 is 3.17. The highest BCUT2D eigenvalue weighted by Crippen LogP contribution is 2.15. The third kappa shape index (κ3) is 2.30. The molecule has 1 rings (SSSR count). The number of benzene rings is 1. The Morgan fingerprint density at radius 2 is 2.25 bits per heavy atom. The van der Waals surface area contributed by atoms with Crippen molar-refractivity contribution < 1.29 is 9.18 Å². The first kappa shape index (κ1) is 9.19. The second kappa shape index (κ2) is 3.67. The summed E-state index contributed by atoms with van der Waals surface area (Å²) < 4.78 is 13.6. The Kier molecular flexibility index (Phi) is 2.81. The summed E-state index contributed by atoms with van der Waals surface area (Å²) in [6, 6.07) is 4.41. The van der Waals surface area contributed by atoms with Gasteiger partial charge < -0.3 is 5.73 Å². The molecule has 64 valence electrons. The first-order chi connectivity index (χ1) is 5.59. The van der Waals surface area contributed by atoms with Gasteiger partial charge in [0, 0.05) is 4.47 Å². The number of nitrogens with two attached hydrogens (primary N) is 1. The van der Waals surface area contributed by atoms with Crippen LogP contribution in [0, 0.1) is 5.82 Å². The molecule has 0 atom stereocenters. The lowest BCUT2D eigenvalue weighted by Crippen LogP contribution is -2.14. The largest absolute Gasteiger partial charge is 0.369 e. The van der Waals surface area contributed by atoms with Crippen molar-refractivity contribution >= 4 is 21.8 Å². The monoisotopic (exact) mass is 231 g/mol. The average molecular weight is 232 g/mol. The summed E-state index contributed by atoms with van der Waals surface area (Å²) in [6.45, 7) is 0. The molecule has 0 fully saturated rings. The van der Waals surface area contributed by atoms with Gasteiger partial charge in [-0.05, 0) is 23.8 Å². The van der Waals surface area contributed by atoms with Crippen molar-refractivity contribution in [2.24, 2.45) is 5.73 Å². The highest BCUT2D eigenvalue weighted by Gasteiger charge is 2.05. The molecule has 0 heterocycles. The molecule has 0 unspecified atom stereocenters. The Morgan fingerprint density at radius 1 is 1.58 bits per heavy atom. The van der Waals surface area contributed by atoms with Gasteiger partial charge in [0.25, 0.3) is 0 Å². The van der Waals surface area contributed by atoms with E-state index < -0.39 is 11.7 Å². The molecule has 4 heteroatoms. The topological polar surface area (TPSA) is 43.1 Å². The average Bonchev–Trinajstić information content (AvgIpc) is 1.96. The predicted molar refractivity (Wildman–Crippen MR) is 47.0 cm³/mol. The van der Waals surface area contributed by atoms with Gasteiger partial charge in [0.2, 0.25) is 5.91 Å². The van der Waals surface area contributed by atoms with Crippen LogP contribution < -0.4 is 5.73 Å². The van der Waals surface area contributed by atoms with E-state index in [0.29, 0.717) is 5.56 Å². The van der Waals surface area contributed by atoms with Crippen molar-refractivity contribution in [1.82, 2.24) is 0 Å². The smallest absolute Gasteiger partial charge is 0.221 e. The van der Waals surface area contributed by atoms with Crippen LogP contribution in [0.15, 0.2) is 22.7 Å². The lowest BCUT2D eigenvalue weighted by atomic mass is 10.1. The SMILES string of the molecule is NC(=O)Cc1cc(Br)ccc1F. The van der Waals surface area contributed by atoms with E-state index in [1.807, 2.05) is 0 Å². The Bertz CT molecular complexity index is 314. The van der Waals surface area contributed by atoms with Crippen molar-refractivity contribution in [3.05, 3.63) is 34.1 Å². The summed E-state index contributed by atoms with van der Waals surface area (Å²) in [5.74, 6) is -0.941. The Morgan fingerprint density at radius 3 is 2.83 bits per heavy atom. The highest BCUT2D eigenvalue weighted by atomic mass is 79.9. The van der Waals surface area contributed by atoms with Crippen LogP contribution in [0.5, 0.6) is 0 Å². The van der Waals surface area contributed by atoms with Crippen LogP contribution >= 0.6 is 15.9 Å². The van der Waals surface area contributed by atoms with E-state index in [0.717, 1.165) is 4.47 Å². The molecule has 0 aliphatic carbocycles. The third-order valence-electron chi connectivity index (χ3n) is 1.37. The molecular weight excluding hydrogens is 225 g/mol. The fourth-order valence-corrected chi connectivity index (χ4v) is 1.27. The maximum absolute atomic E-state index is 12.9. The standard InChI is InChI=1S/C8H7BrFNO/c9-6-1-2-7(10)5(3-6)4-8(11)12/h1-3H,4H2,(H2,11,12). The van der Waals surface area contributed by atoms with Gasteiger partial charge in [-0.3, -0.25) is 4.79 Å². The summed E-state index contributed by atoms with van der Waals surface area (Å²) in [6.07, 6.45) is -0.0642. The normalized spacial score (nSPS) is 9.83. The van der Waals surface area contributed by atoms with Crippen molar-refractivity contribution in [3.8, 4) is 0 Å². The lowest BCUT2D eigenvalue weighted by Gasteiger charge is -1.99. The number of rotatable bonds is 2. The number of carbonyl (C=O) groups is 1. The van der Waals surface area contributed by atoms with E-state index in [4.69, 9.17) is 5.73 Å². The van der Waals surface area contributed by atoms with Crippen LogP contribution in [-0.2, 0) is 11.2 Å². The molecule has 1 aromatic rings. The van der Waals surface area contributed by atoms with Crippen LogP contribution in [-0.4, -0.2) is 5.91 Å². The van der Waals surface area contributed by atoms with E-state index in [1.54, 1.807) is 12.1 Å². The van der Waals surface area contributed by atoms with Gasteiger partial charge >= 0.3 is 0 Å². The molecular formula is C8H7BrFNO. The minimum atomic E-state index is -0.535. The van der Waals surface area contributed by atoms with E-state index in [2.05, 4.69) is 15.9 Å². The lowest BCUT2D eigenvalue weighted by molar-refractivity contribution is -0.117. The van der Waals surface area contributed by atoms with Crippen molar-refractivity contribution in [2.75, 3.05) is 0 Å². The number of primary amides is 1. The van der Waals surface area contributed by atoms with Crippen molar-refractivity contribution in [1.29, 1.82) is 0 Å². The van der Waals surface area contributed by atoms with Crippen LogP contribution in [0.4, 0.5) is 4.39 Å². The summed E-state index contributed by atoms with van der Waals surface area (Å²) in [5, 5.41) is 0. The van der Waals surface area contributed by atoms with Gasteiger partial charge in [0.05, 0.1) is 6.42 Å².